The largest absolute Gasteiger partial charge is 0.352 e. The molecule has 1 aliphatic rings. The first-order valence-corrected chi connectivity index (χ1v) is 10.0. The van der Waals surface area contributed by atoms with Crippen LogP contribution in [0.25, 0.3) is 0 Å². The Balaban J connectivity index is 0.00000320. The van der Waals surface area contributed by atoms with Crippen LogP contribution in [0.4, 0.5) is 4.39 Å². The average molecular weight is 434 g/mol. The first-order chi connectivity index (χ1) is 13.9. The van der Waals surface area contributed by atoms with Crippen molar-refractivity contribution < 1.29 is 14.0 Å². The molecule has 3 rings (SSSR count). The summed E-state index contributed by atoms with van der Waals surface area (Å²) in [5.41, 5.74) is 8.43. The lowest BCUT2D eigenvalue weighted by Gasteiger charge is -2.32. The SMILES string of the molecule is Cc1ccc(CNC(=O)C2CCN(C(=O)CC(N)c3ccccc3)CC2)cc1F.Cl. The lowest BCUT2D eigenvalue weighted by Crippen LogP contribution is -2.43. The van der Waals surface area contributed by atoms with Crippen LogP contribution in [-0.2, 0) is 16.1 Å². The summed E-state index contributed by atoms with van der Waals surface area (Å²) < 4.78 is 13.6. The van der Waals surface area contributed by atoms with E-state index in [1.165, 1.54) is 6.07 Å². The minimum atomic E-state index is -0.320. The molecule has 2 aromatic carbocycles. The Morgan fingerprint density at radius 3 is 2.47 bits per heavy atom. The Bertz CT molecular complexity index is 855. The predicted octanol–water partition coefficient (Wildman–Crippen LogP) is 3.50. The number of piperidine rings is 1. The lowest BCUT2D eigenvalue weighted by molar-refractivity contribution is -0.136. The minimum absolute atomic E-state index is 0. The normalized spacial score (nSPS) is 15.2. The number of halogens is 2. The van der Waals surface area contributed by atoms with Crippen LogP contribution in [0.3, 0.4) is 0 Å². The summed E-state index contributed by atoms with van der Waals surface area (Å²) in [6.07, 6.45) is 1.51. The van der Waals surface area contributed by atoms with Gasteiger partial charge in [-0.15, -0.1) is 12.4 Å². The number of carbonyl (C=O) groups excluding carboxylic acids is 2. The molecule has 0 radical (unpaired) electrons. The second-order valence-electron chi connectivity index (χ2n) is 7.68. The first-order valence-electron chi connectivity index (χ1n) is 10.0. The maximum absolute atomic E-state index is 13.6. The number of nitrogens with zero attached hydrogens (tertiary/aromatic N) is 1. The summed E-state index contributed by atoms with van der Waals surface area (Å²) in [5.74, 6) is -0.413. The fourth-order valence-corrected chi connectivity index (χ4v) is 3.61. The maximum atomic E-state index is 13.6. The van der Waals surface area contributed by atoms with E-state index in [0.29, 0.717) is 38.0 Å². The monoisotopic (exact) mass is 433 g/mol. The van der Waals surface area contributed by atoms with Gasteiger partial charge in [0.25, 0.3) is 0 Å². The molecule has 3 N–H and O–H groups in total. The standard InChI is InChI=1S/C23H28FN3O2.ClH/c1-16-7-8-17(13-20(16)24)15-26-23(29)19-9-11-27(12-10-19)22(28)14-21(25)18-5-3-2-4-6-18;/h2-8,13,19,21H,9-12,14-15,25H2,1H3,(H,26,29);1H. The van der Waals surface area contributed by atoms with E-state index in [9.17, 15) is 14.0 Å². The molecule has 7 heteroatoms. The zero-order valence-electron chi connectivity index (χ0n) is 17.1. The van der Waals surface area contributed by atoms with Crippen LogP contribution in [0.2, 0.25) is 0 Å². The van der Waals surface area contributed by atoms with E-state index in [2.05, 4.69) is 5.32 Å². The van der Waals surface area contributed by atoms with Crippen molar-refractivity contribution in [2.75, 3.05) is 13.1 Å². The predicted molar refractivity (Wildman–Crippen MR) is 118 cm³/mol. The third-order valence-corrected chi connectivity index (χ3v) is 5.54. The molecule has 1 saturated heterocycles. The number of benzene rings is 2. The van der Waals surface area contributed by atoms with E-state index in [1.54, 1.807) is 17.9 Å². The molecule has 0 saturated carbocycles. The number of hydrogen-bond donors (Lipinski definition) is 2. The zero-order chi connectivity index (χ0) is 20.8. The molecule has 1 heterocycles. The number of nitrogens with two attached hydrogens (primary N) is 1. The highest BCUT2D eigenvalue weighted by molar-refractivity contribution is 5.85. The molecule has 1 unspecified atom stereocenters. The number of amides is 2. The average Bonchev–Trinajstić information content (AvgIpc) is 2.75. The summed E-state index contributed by atoms with van der Waals surface area (Å²) in [4.78, 5) is 26.8. The Morgan fingerprint density at radius 2 is 1.83 bits per heavy atom. The highest BCUT2D eigenvalue weighted by Gasteiger charge is 2.28. The number of likely N-dealkylation sites (tertiary alicyclic amines) is 1. The second kappa shape index (κ2) is 11.1. The Morgan fingerprint density at radius 1 is 1.17 bits per heavy atom. The summed E-state index contributed by atoms with van der Waals surface area (Å²) in [6.45, 7) is 3.12. The van der Waals surface area contributed by atoms with Crippen LogP contribution >= 0.6 is 12.4 Å². The van der Waals surface area contributed by atoms with Crippen LogP contribution in [0, 0.1) is 18.7 Å². The molecule has 0 spiro atoms. The van der Waals surface area contributed by atoms with Gasteiger partial charge >= 0.3 is 0 Å². The van der Waals surface area contributed by atoms with Gasteiger partial charge in [-0.05, 0) is 42.5 Å². The highest BCUT2D eigenvalue weighted by Crippen LogP contribution is 2.21. The molecule has 0 aliphatic carbocycles. The second-order valence-corrected chi connectivity index (χ2v) is 7.68. The van der Waals surface area contributed by atoms with Crippen LogP contribution in [-0.4, -0.2) is 29.8 Å². The molecule has 1 fully saturated rings. The van der Waals surface area contributed by atoms with E-state index in [0.717, 1.165) is 11.1 Å². The fourth-order valence-electron chi connectivity index (χ4n) is 3.61. The van der Waals surface area contributed by atoms with Crippen molar-refractivity contribution in [1.82, 2.24) is 10.2 Å². The number of rotatable bonds is 6. The van der Waals surface area contributed by atoms with E-state index < -0.39 is 0 Å². The molecule has 5 nitrogen and oxygen atoms in total. The van der Waals surface area contributed by atoms with Crippen molar-refractivity contribution >= 4 is 24.2 Å². The van der Waals surface area contributed by atoms with Crippen LogP contribution in [0.15, 0.2) is 48.5 Å². The Labute approximate surface area is 183 Å². The van der Waals surface area contributed by atoms with Gasteiger partial charge < -0.3 is 16.0 Å². The van der Waals surface area contributed by atoms with Crippen LogP contribution in [0.5, 0.6) is 0 Å². The molecule has 2 amide bonds. The Hall–Kier alpha value is -2.44. The summed E-state index contributed by atoms with van der Waals surface area (Å²) in [7, 11) is 0. The molecule has 0 bridgehead atoms. The van der Waals surface area contributed by atoms with Gasteiger partial charge in [0, 0.05) is 38.0 Å². The third kappa shape index (κ3) is 6.28. The van der Waals surface area contributed by atoms with Crippen molar-refractivity contribution in [1.29, 1.82) is 0 Å². The number of nitrogens with one attached hydrogen (secondary N) is 1. The topological polar surface area (TPSA) is 75.4 Å². The molecule has 1 atom stereocenters. The summed E-state index contributed by atoms with van der Waals surface area (Å²) in [5, 5.41) is 2.88. The summed E-state index contributed by atoms with van der Waals surface area (Å²) >= 11 is 0. The zero-order valence-corrected chi connectivity index (χ0v) is 18.0. The Kier molecular flexibility index (Phi) is 8.81. The lowest BCUT2D eigenvalue weighted by atomic mass is 9.95. The molecule has 0 aromatic heterocycles. The smallest absolute Gasteiger partial charge is 0.224 e. The molecule has 30 heavy (non-hydrogen) atoms. The van der Waals surface area contributed by atoms with Crippen molar-refractivity contribution in [3.05, 3.63) is 71.0 Å². The van der Waals surface area contributed by atoms with Crippen molar-refractivity contribution in [2.45, 2.75) is 38.8 Å². The van der Waals surface area contributed by atoms with Gasteiger partial charge in [0.1, 0.15) is 5.82 Å². The first kappa shape index (κ1) is 23.8. The molecular formula is C23H29ClFN3O2. The van der Waals surface area contributed by atoms with E-state index >= 15 is 0 Å². The van der Waals surface area contributed by atoms with Gasteiger partial charge in [0.2, 0.25) is 11.8 Å². The molecule has 162 valence electrons. The van der Waals surface area contributed by atoms with Gasteiger partial charge in [-0.3, -0.25) is 9.59 Å². The van der Waals surface area contributed by atoms with E-state index in [4.69, 9.17) is 5.73 Å². The summed E-state index contributed by atoms with van der Waals surface area (Å²) in [6, 6.07) is 14.2. The molecule has 2 aromatic rings. The molecular weight excluding hydrogens is 405 g/mol. The number of carbonyl (C=O) groups is 2. The number of aryl methyl sites for hydroxylation is 1. The van der Waals surface area contributed by atoms with Gasteiger partial charge in [0.05, 0.1) is 0 Å². The van der Waals surface area contributed by atoms with E-state index in [-0.39, 0.29) is 48.4 Å². The third-order valence-electron chi connectivity index (χ3n) is 5.54. The van der Waals surface area contributed by atoms with Crippen LogP contribution in [0.1, 0.15) is 42.0 Å². The van der Waals surface area contributed by atoms with E-state index in [1.807, 2.05) is 36.4 Å². The fraction of sp³-hybridized carbons (Fsp3) is 0.391. The van der Waals surface area contributed by atoms with Gasteiger partial charge in [0.15, 0.2) is 0 Å². The van der Waals surface area contributed by atoms with Gasteiger partial charge in [-0.25, -0.2) is 4.39 Å². The van der Waals surface area contributed by atoms with Crippen molar-refractivity contribution in [3.63, 3.8) is 0 Å². The van der Waals surface area contributed by atoms with Crippen molar-refractivity contribution in [2.24, 2.45) is 11.7 Å². The molecule has 1 aliphatic heterocycles. The van der Waals surface area contributed by atoms with Gasteiger partial charge in [-0.2, -0.15) is 0 Å². The minimum Gasteiger partial charge on any atom is -0.352 e. The van der Waals surface area contributed by atoms with Crippen LogP contribution < -0.4 is 11.1 Å². The maximum Gasteiger partial charge on any atom is 0.224 e. The van der Waals surface area contributed by atoms with Gasteiger partial charge in [-0.1, -0.05) is 42.5 Å². The quantitative estimate of drug-likeness (QED) is 0.732. The highest BCUT2D eigenvalue weighted by atomic mass is 35.5. The number of hydrogen-bond acceptors (Lipinski definition) is 3. The van der Waals surface area contributed by atoms with Crippen molar-refractivity contribution in [3.8, 4) is 0 Å².